The van der Waals surface area contributed by atoms with Gasteiger partial charge in [-0.05, 0) is 74.6 Å². The Bertz CT molecular complexity index is 2350. The predicted octanol–water partition coefficient (Wildman–Crippen LogP) is 0.329. The molecule has 24 heteroatoms. The third-order valence-electron chi connectivity index (χ3n) is 13.3. The lowest BCUT2D eigenvalue weighted by Gasteiger charge is -2.37. The quantitative estimate of drug-likeness (QED) is 0.0442. The number of ether oxygens (including phenoxy) is 1. The van der Waals surface area contributed by atoms with E-state index < -0.39 is 113 Å². The molecule has 2 saturated heterocycles. The maximum absolute atomic E-state index is 14.8. The molecule has 0 radical (unpaired) electrons. The standard InChI is InChI=1S/C51H74N12O10S2/c1-4-73-33-19-17-32(18-20-33)26-35-44(67)59-36(25-31-13-7-5-8-14-31)46(69)62-42(30(2)3)48(71)60-37(27-40(52)64)45(68)61-38(29-74-75-51(28-41(65)57-35)21-9-6-10-22-51)49(72)63-24-12-16-39(63)47(70)58-34(43(53)66)15-11-23-56-50(54)55/h5,7-8,13-14,17-20,30,34-39,42H,4,6,9-12,15-16,21-29H2,1-3H3,(H2,52,64)(H2,53,66)(H,57,65)(H,58,70)(H,59,67)(H,60,71)(H,61,68)(H,62,69)(H4,54,55,56)/t34-,35-,36-,37-,38-,39-,42-/m0/s1. The molecule has 75 heavy (non-hydrogen) atoms. The first kappa shape index (κ1) is 59.3. The fourth-order valence-electron chi connectivity index (χ4n) is 9.38. The zero-order valence-electron chi connectivity index (χ0n) is 42.9. The summed E-state index contributed by atoms with van der Waals surface area (Å²) >= 11 is 0. The van der Waals surface area contributed by atoms with Crippen LogP contribution in [0.2, 0.25) is 0 Å². The Kier molecular flexibility index (Phi) is 22.9. The van der Waals surface area contributed by atoms with Crippen molar-refractivity contribution >= 4 is 80.7 Å². The third kappa shape index (κ3) is 18.4. The maximum atomic E-state index is 14.8. The highest BCUT2D eigenvalue weighted by molar-refractivity contribution is 8.77. The van der Waals surface area contributed by atoms with Crippen molar-refractivity contribution in [2.75, 3.05) is 25.4 Å². The number of nitrogens with one attached hydrogen (secondary N) is 6. The summed E-state index contributed by atoms with van der Waals surface area (Å²) in [5.74, 6) is -6.86. The van der Waals surface area contributed by atoms with Crippen molar-refractivity contribution in [1.29, 1.82) is 0 Å². The highest BCUT2D eigenvalue weighted by atomic mass is 33.1. The molecule has 2 heterocycles. The van der Waals surface area contributed by atoms with Gasteiger partial charge in [-0.2, -0.15) is 0 Å². The minimum Gasteiger partial charge on any atom is -0.494 e. The molecule has 3 fully saturated rings. The number of benzene rings is 2. The summed E-state index contributed by atoms with van der Waals surface area (Å²) in [6.07, 6.45) is 4.16. The number of carbonyl (C=O) groups excluding carboxylic acids is 9. The molecule has 9 amide bonds. The summed E-state index contributed by atoms with van der Waals surface area (Å²) in [4.78, 5) is 131. The number of guanidine groups is 1. The van der Waals surface area contributed by atoms with Crippen molar-refractivity contribution < 1.29 is 47.9 Å². The van der Waals surface area contributed by atoms with Crippen LogP contribution in [-0.2, 0) is 56.0 Å². The SMILES string of the molecule is CCOc1ccc(C[C@@H]2NC(=O)CC3(CCCCC3)SSC[C@@H](C(=O)N3CCC[C@H]3C(=O)N[C@@H](CCCN=C(N)N)C(N)=O)NC(=O)[C@H](CC(N)=O)NC(=O)[C@H](C(C)C)NC(=O)[C@H](Cc3ccccc3)NC2=O)cc1. The number of nitrogens with two attached hydrogens (primary N) is 4. The normalized spacial score (nSPS) is 23.6. The van der Waals surface area contributed by atoms with Crippen molar-refractivity contribution in [2.45, 2.75) is 151 Å². The van der Waals surface area contributed by atoms with Gasteiger partial charge in [0.1, 0.15) is 48.0 Å². The Morgan fingerprint density at radius 2 is 1.41 bits per heavy atom. The molecule has 3 aliphatic rings. The van der Waals surface area contributed by atoms with Gasteiger partial charge in [-0.15, -0.1) is 0 Å². The number of likely N-dealkylation sites (tertiary alicyclic amines) is 1. The number of hydrogen-bond acceptors (Lipinski definition) is 13. The molecule has 2 aromatic rings. The number of hydrogen-bond donors (Lipinski definition) is 10. The molecule has 1 spiro atoms. The molecule has 0 bridgehead atoms. The van der Waals surface area contributed by atoms with E-state index in [2.05, 4.69) is 36.9 Å². The average molecular weight is 1080 g/mol. The van der Waals surface area contributed by atoms with Gasteiger partial charge in [-0.1, -0.05) is 97.2 Å². The molecule has 0 aromatic heterocycles. The van der Waals surface area contributed by atoms with Crippen molar-refractivity contribution in [3.63, 3.8) is 0 Å². The molecular weight excluding hydrogens is 1000 g/mol. The first-order valence-electron chi connectivity index (χ1n) is 25.6. The van der Waals surface area contributed by atoms with E-state index in [1.807, 2.05) is 6.92 Å². The Morgan fingerprint density at radius 3 is 2.04 bits per heavy atom. The van der Waals surface area contributed by atoms with Gasteiger partial charge in [-0.3, -0.25) is 48.1 Å². The smallest absolute Gasteiger partial charge is 0.246 e. The molecule has 1 aliphatic carbocycles. The van der Waals surface area contributed by atoms with Crippen LogP contribution in [0.1, 0.15) is 103 Å². The largest absolute Gasteiger partial charge is 0.494 e. The van der Waals surface area contributed by atoms with Crippen molar-refractivity contribution in [1.82, 2.24) is 36.8 Å². The van der Waals surface area contributed by atoms with Gasteiger partial charge in [0.25, 0.3) is 0 Å². The molecule has 14 N–H and O–H groups in total. The number of carbonyl (C=O) groups is 9. The number of rotatable bonds is 17. The van der Waals surface area contributed by atoms with E-state index in [0.717, 1.165) is 19.3 Å². The Labute approximate surface area is 445 Å². The second-order valence-electron chi connectivity index (χ2n) is 19.6. The Morgan fingerprint density at radius 1 is 0.787 bits per heavy atom. The van der Waals surface area contributed by atoms with E-state index in [1.54, 1.807) is 68.4 Å². The second-order valence-corrected chi connectivity index (χ2v) is 22.4. The Hall–Kier alpha value is -6.56. The topological polar surface area (TPSA) is 355 Å². The minimum atomic E-state index is -1.63. The van der Waals surface area contributed by atoms with Gasteiger partial charge in [-0.25, -0.2) is 0 Å². The summed E-state index contributed by atoms with van der Waals surface area (Å²) in [6, 6.07) is 7.17. The first-order chi connectivity index (χ1) is 35.8. The lowest BCUT2D eigenvalue weighted by Crippen LogP contribution is -2.61. The van der Waals surface area contributed by atoms with Crippen LogP contribution in [0, 0.1) is 5.92 Å². The fourth-order valence-corrected chi connectivity index (χ4v) is 12.7. The molecule has 5 rings (SSSR count). The van der Waals surface area contributed by atoms with Gasteiger partial charge >= 0.3 is 0 Å². The molecular formula is C51H74N12O10S2. The fraction of sp³-hybridized carbons (Fsp3) is 0.569. The molecule has 2 aliphatic heterocycles. The van der Waals surface area contributed by atoms with Crippen molar-refractivity contribution in [3.05, 3.63) is 65.7 Å². The first-order valence-corrected chi connectivity index (χ1v) is 27.9. The second kappa shape index (κ2) is 28.9. The van der Waals surface area contributed by atoms with Crippen LogP contribution in [-0.4, -0.2) is 137 Å². The zero-order valence-corrected chi connectivity index (χ0v) is 44.6. The van der Waals surface area contributed by atoms with Gasteiger partial charge in [0.15, 0.2) is 5.96 Å². The van der Waals surface area contributed by atoms with E-state index in [-0.39, 0.29) is 56.9 Å². The van der Waals surface area contributed by atoms with Crippen LogP contribution in [0.5, 0.6) is 5.75 Å². The van der Waals surface area contributed by atoms with Crippen LogP contribution in [0.25, 0.3) is 0 Å². The van der Waals surface area contributed by atoms with Crippen LogP contribution >= 0.6 is 21.6 Å². The van der Waals surface area contributed by atoms with Crippen LogP contribution in [0.15, 0.2) is 59.6 Å². The summed E-state index contributed by atoms with van der Waals surface area (Å²) < 4.78 is 4.95. The highest BCUT2D eigenvalue weighted by Crippen LogP contribution is 2.48. The average Bonchev–Trinajstić information content (AvgIpc) is 3.86. The molecule has 1 saturated carbocycles. The zero-order chi connectivity index (χ0) is 54.7. The maximum Gasteiger partial charge on any atom is 0.246 e. The van der Waals surface area contributed by atoms with Gasteiger partial charge in [0.05, 0.1) is 13.0 Å². The van der Waals surface area contributed by atoms with E-state index in [9.17, 15) is 43.2 Å². The number of amides is 9. The molecule has 2 aromatic carbocycles. The summed E-state index contributed by atoms with van der Waals surface area (Å²) in [7, 11) is 2.63. The predicted molar refractivity (Wildman–Crippen MR) is 286 cm³/mol. The molecule has 0 unspecified atom stereocenters. The van der Waals surface area contributed by atoms with E-state index >= 15 is 0 Å². The van der Waals surface area contributed by atoms with Gasteiger partial charge in [0.2, 0.25) is 53.2 Å². The summed E-state index contributed by atoms with van der Waals surface area (Å²) in [5.41, 5.74) is 23.5. The summed E-state index contributed by atoms with van der Waals surface area (Å²) in [5, 5.41) is 16.6. The van der Waals surface area contributed by atoms with Gasteiger partial charge in [0, 0.05) is 42.9 Å². The van der Waals surface area contributed by atoms with Gasteiger partial charge < -0.3 is 64.5 Å². The number of primary amides is 2. The van der Waals surface area contributed by atoms with E-state index in [4.69, 9.17) is 27.7 Å². The summed E-state index contributed by atoms with van der Waals surface area (Å²) in [6.45, 7) is 5.92. The molecule has 7 atom stereocenters. The number of nitrogens with zero attached hydrogens (tertiary/aromatic N) is 2. The monoisotopic (exact) mass is 1080 g/mol. The van der Waals surface area contributed by atoms with Crippen molar-refractivity contribution in [3.8, 4) is 5.75 Å². The third-order valence-corrected chi connectivity index (χ3v) is 16.6. The lowest BCUT2D eigenvalue weighted by molar-refractivity contribution is -0.142. The van der Waals surface area contributed by atoms with E-state index in [1.165, 1.54) is 26.5 Å². The lowest BCUT2D eigenvalue weighted by atomic mass is 9.85. The Balaban J connectivity index is 1.52. The van der Waals surface area contributed by atoms with Crippen LogP contribution < -0.4 is 59.6 Å². The van der Waals surface area contributed by atoms with Crippen molar-refractivity contribution in [2.24, 2.45) is 33.8 Å². The van der Waals surface area contributed by atoms with Crippen LogP contribution in [0.4, 0.5) is 0 Å². The minimum absolute atomic E-state index is 0.000376. The van der Waals surface area contributed by atoms with E-state index in [0.29, 0.717) is 49.2 Å². The highest BCUT2D eigenvalue weighted by Gasteiger charge is 2.42. The van der Waals surface area contributed by atoms with Crippen LogP contribution in [0.3, 0.4) is 0 Å². The molecule has 410 valence electrons. The number of aliphatic imine (C=N–C) groups is 1. The molecule has 22 nitrogen and oxygen atoms in total.